The number of aryl methyl sites for hydroxylation is 2. The molecule has 0 bridgehead atoms. The molecule has 41 heavy (non-hydrogen) atoms. The van der Waals surface area contributed by atoms with E-state index in [1.807, 2.05) is 49.4 Å². The molecule has 9 nitrogen and oxygen atoms in total. The van der Waals surface area contributed by atoms with Crippen molar-refractivity contribution in [3.63, 3.8) is 0 Å². The quantitative estimate of drug-likeness (QED) is 0.324. The Morgan fingerprint density at radius 1 is 1.02 bits per heavy atom. The molecule has 4 heterocycles. The summed E-state index contributed by atoms with van der Waals surface area (Å²) in [5.41, 5.74) is 3.87. The molecule has 0 spiro atoms. The molecule has 0 fully saturated rings. The lowest BCUT2D eigenvalue weighted by Crippen LogP contribution is -2.47. The molecule has 2 unspecified atom stereocenters. The molecule has 2 atom stereocenters. The van der Waals surface area contributed by atoms with Gasteiger partial charge in [0.05, 0.1) is 5.92 Å². The van der Waals surface area contributed by atoms with Crippen molar-refractivity contribution in [2.45, 2.75) is 31.4 Å². The van der Waals surface area contributed by atoms with E-state index in [9.17, 15) is 18.0 Å². The molecule has 0 amide bonds. The molecule has 1 aliphatic rings. The minimum Gasteiger partial charge on any atom is -0.346 e. The molecule has 0 radical (unpaired) electrons. The number of hydrogen-bond donors (Lipinski definition) is 2. The first-order chi connectivity index (χ1) is 19.5. The van der Waals surface area contributed by atoms with Crippen molar-refractivity contribution in [2.75, 3.05) is 0 Å². The van der Waals surface area contributed by atoms with Crippen molar-refractivity contribution in [1.29, 1.82) is 0 Å². The van der Waals surface area contributed by atoms with Crippen LogP contribution >= 0.6 is 0 Å². The Morgan fingerprint density at radius 3 is 2.49 bits per heavy atom. The van der Waals surface area contributed by atoms with Crippen LogP contribution in [-0.2, 0) is 17.1 Å². The molecule has 0 saturated carbocycles. The summed E-state index contributed by atoms with van der Waals surface area (Å²) >= 11 is 0. The van der Waals surface area contributed by atoms with Gasteiger partial charge in [-0.15, -0.1) is 0 Å². The van der Waals surface area contributed by atoms with E-state index in [4.69, 9.17) is 0 Å². The molecule has 1 aliphatic carbocycles. The van der Waals surface area contributed by atoms with Crippen LogP contribution in [0.25, 0.3) is 27.6 Å². The Hall–Kier alpha value is -4.70. The highest BCUT2D eigenvalue weighted by Gasteiger charge is 2.51. The van der Waals surface area contributed by atoms with Gasteiger partial charge < -0.3 is 14.5 Å². The summed E-state index contributed by atoms with van der Waals surface area (Å²) in [4.78, 5) is 36.0. The fourth-order valence-electron chi connectivity index (χ4n) is 5.66. The van der Waals surface area contributed by atoms with Crippen LogP contribution in [0.15, 0.2) is 101 Å². The van der Waals surface area contributed by atoms with Gasteiger partial charge in [0.25, 0.3) is 11.1 Å². The van der Waals surface area contributed by atoms with E-state index in [0.717, 1.165) is 20.8 Å². The maximum Gasteiger partial charge on any atom is 0.273 e. The Balaban J connectivity index is 1.61. The zero-order valence-corrected chi connectivity index (χ0v) is 23.9. The Labute approximate surface area is 236 Å². The zero-order chi connectivity index (χ0) is 29.1. The first-order valence-electron chi connectivity index (χ1n) is 13.1. The maximum atomic E-state index is 14.6. The van der Waals surface area contributed by atoms with Gasteiger partial charge in [0.2, 0.25) is 10.0 Å². The molecule has 6 rings (SSSR count). The highest BCUT2D eigenvalue weighted by molar-refractivity contribution is 7.91. The van der Waals surface area contributed by atoms with Gasteiger partial charge in [0.15, 0.2) is 0 Å². The largest absolute Gasteiger partial charge is 0.346 e. The lowest BCUT2D eigenvalue weighted by atomic mass is 9.78. The summed E-state index contributed by atoms with van der Waals surface area (Å²) in [5.74, 6) is -0.303. The number of allylic oxidation sites excluding steroid dienone is 3. The fraction of sp³-hybridized carbons (Fsp3) is 0.194. The van der Waals surface area contributed by atoms with Crippen LogP contribution in [0.5, 0.6) is 0 Å². The summed E-state index contributed by atoms with van der Waals surface area (Å²) in [6.45, 7) is 5.29. The first kappa shape index (κ1) is 26.5. The highest BCUT2D eigenvalue weighted by atomic mass is 32.2. The van der Waals surface area contributed by atoms with Gasteiger partial charge in [-0.2, -0.15) is 0 Å². The first-order valence-corrected chi connectivity index (χ1v) is 14.6. The van der Waals surface area contributed by atoms with Crippen LogP contribution in [-0.4, -0.2) is 36.7 Å². The van der Waals surface area contributed by atoms with E-state index < -0.39 is 26.2 Å². The van der Waals surface area contributed by atoms with Crippen LogP contribution in [0.2, 0.25) is 0 Å². The highest BCUT2D eigenvalue weighted by Crippen LogP contribution is 2.48. The third-order valence-corrected chi connectivity index (χ3v) is 10.6. The third-order valence-electron chi connectivity index (χ3n) is 8.11. The minimum absolute atomic E-state index is 0.0589. The molecular weight excluding hydrogens is 538 g/mol. The van der Waals surface area contributed by atoms with E-state index in [1.165, 1.54) is 17.0 Å². The third kappa shape index (κ3) is 4.05. The average molecular weight is 568 g/mol. The number of nitrogens with one attached hydrogen (secondary N) is 2. The maximum absolute atomic E-state index is 14.6. The topological polar surface area (TPSA) is 123 Å². The predicted molar refractivity (Wildman–Crippen MR) is 160 cm³/mol. The second kappa shape index (κ2) is 9.45. The second-order valence-corrected chi connectivity index (χ2v) is 12.8. The van der Waals surface area contributed by atoms with Crippen molar-refractivity contribution in [2.24, 2.45) is 7.05 Å². The fourth-order valence-corrected chi connectivity index (χ4v) is 7.69. The number of aromatic nitrogens is 5. The van der Waals surface area contributed by atoms with Crippen LogP contribution in [0.1, 0.15) is 36.8 Å². The molecule has 1 aromatic carbocycles. The standard InChI is InChI=1S/C31H29N5O4S/c1-19-14-23(24-16-27(37)35(4)18-25(24)21-8-6-5-7-9-21)15-26(29-33-17-20(2)34-29)31(19,3)41(39,40)36-13-11-22-10-12-32-30(38)28(22)36/h5-18,26H,1-4H3,(H,32,38)(H,33,34). The van der Waals surface area contributed by atoms with Crippen molar-refractivity contribution < 1.29 is 8.42 Å². The molecule has 0 aliphatic heterocycles. The molecule has 4 aromatic heterocycles. The number of pyridine rings is 2. The molecule has 2 N–H and O–H groups in total. The van der Waals surface area contributed by atoms with Gasteiger partial charge in [-0.3, -0.25) is 9.59 Å². The van der Waals surface area contributed by atoms with Gasteiger partial charge >= 0.3 is 0 Å². The summed E-state index contributed by atoms with van der Waals surface area (Å²) in [7, 11) is -2.52. The Kier molecular flexibility index (Phi) is 6.11. The number of aromatic amines is 2. The number of hydrogen-bond acceptors (Lipinski definition) is 5. The summed E-state index contributed by atoms with van der Waals surface area (Å²) in [6.07, 6.45) is 10.1. The molecular formula is C31H29N5O4S. The predicted octanol–water partition coefficient (Wildman–Crippen LogP) is 4.49. The van der Waals surface area contributed by atoms with Gasteiger partial charge in [-0.1, -0.05) is 42.5 Å². The minimum atomic E-state index is -4.23. The van der Waals surface area contributed by atoms with E-state index in [1.54, 1.807) is 51.5 Å². The number of benzene rings is 1. The van der Waals surface area contributed by atoms with E-state index >= 15 is 0 Å². The molecule has 0 saturated heterocycles. The summed E-state index contributed by atoms with van der Waals surface area (Å²) in [6, 6.07) is 14.6. The number of rotatable bonds is 5. The van der Waals surface area contributed by atoms with Crippen molar-refractivity contribution in [3.8, 4) is 11.1 Å². The number of fused-ring (bicyclic) bond motifs is 1. The Bertz CT molecular complexity index is 2110. The van der Waals surface area contributed by atoms with E-state index in [2.05, 4.69) is 15.0 Å². The second-order valence-electron chi connectivity index (χ2n) is 10.6. The van der Waals surface area contributed by atoms with Crippen LogP contribution < -0.4 is 11.1 Å². The molecule has 10 heteroatoms. The SMILES string of the molecule is CC1=CC(c2cc(=O)n(C)cc2-c2ccccc2)=CC(c2ncc(C)[nH]2)C1(C)S(=O)(=O)n1ccc2cc[nH]c(=O)c21. The van der Waals surface area contributed by atoms with Crippen molar-refractivity contribution in [1.82, 2.24) is 23.5 Å². The number of nitrogens with zero attached hydrogens (tertiary/aromatic N) is 3. The van der Waals surface area contributed by atoms with Gasteiger partial charge in [0, 0.05) is 54.5 Å². The van der Waals surface area contributed by atoms with Gasteiger partial charge in [-0.25, -0.2) is 17.4 Å². The van der Waals surface area contributed by atoms with Gasteiger partial charge in [-0.05, 0) is 55.2 Å². The molecule has 5 aromatic rings. The summed E-state index contributed by atoms with van der Waals surface area (Å²) in [5, 5.41) is 0.521. The normalized spacial score (nSPS) is 19.3. The number of imidazole rings is 1. The van der Waals surface area contributed by atoms with Crippen LogP contribution in [0, 0.1) is 6.92 Å². The van der Waals surface area contributed by atoms with Crippen molar-refractivity contribution >= 4 is 26.5 Å². The van der Waals surface area contributed by atoms with E-state index in [0.29, 0.717) is 27.9 Å². The van der Waals surface area contributed by atoms with Crippen molar-refractivity contribution in [3.05, 3.63) is 129 Å². The zero-order valence-electron chi connectivity index (χ0n) is 23.0. The number of H-pyrrole nitrogens is 2. The van der Waals surface area contributed by atoms with Crippen LogP contribution in [0.4, 0.5) is 0 Å². The molecule has 208 valence electrons. The monoisotopic (exact) mass is 567 g/mol. The Morgan fingerprint density at radius 2 is 1.78 bits per heavy atom. The lowest BCUT2D eigenvalue weighted by Gasteiger charge is -2.39. The van der Waals surface area contributed by atoms with E-state index in [-0.39, 0.29) is 11.1 Å². The average Bonchev–Trinajstić information content (AvgIpc) is 3.59. The summed E-state index contributed by atoms with van der Waals surface area (Å²) < 4.78 is 30.3. The lowest BCUT2D eigenvalue weighted by molar-refractivity contribution is 0.518. The van der Waals surface area contributed by atoms with Crippen LogP contribution in [0.3, 0.4) is 0 Å². The van der Waals surface area contributed by atoms with Gasteiger partial charge in [0.1, 0.15) is 16.1 Å². The smallest absolute Gasteiger partial charge is 0.273 e.